The molecule has 6 N–H and O–H groups in total. The van der Waals surface area contributed by atoms with E-state index < -0.39 is 68.9 Å². The standard InChI is InChI=1S/C65H106N5O13P/c1-6-9-11-13-15-17-19-21-23-25-27-29-34-38-61(73)80-49-57(83-62(74)39-35-30-28-26-24-22-20-18-16-14-12-10-7-2)47-67-64(75)59(68-52(5)71)50-82-84(77,78)81-43-42-66-65(76)63(51(4)8-3)70-60(72)46-55-44-54-45-56(40-41-58(54)69-55)79-48-53-36-32-31-33-37-53/h31-33,36-37,40-41,44-45,51,57,59,63,69H,6-30,34-35,38-39,42-43,46-50H2,1-5H3,(H,66,76)(H,67,75)(H,68,71)(H,70,72)(H,77,78)/t51-,57-,59+,63-/m0/s1. The number of carbonyl (C=O) groups excluding carboxylic acids is 6. The van der Waals surface area contributed by atoms with Gasteiger partial charge in [0.25, 0.3) is 0 Å². The van der Waals surface area contributed by atoms with E-state index in [-0.39, 0.29) is 50.8 Å². The highest BCUT2D eigenvalue weighted by Gasteiger charge is 2.30. The van der Waals surface area contributed by atoms with Gasteiger partial charge in [-0.1, -0.05) is 219 Å². The van der Waals surface area contributed by atoms with Gasteiger partial charge >= 0.3 is 19.8 Å². The zero-order valence-corrected chi connectivity index (χ0v) is 52.6. The summed E-state index contributed by atoms with van der Waals surface area (Å²) in [6.07, 6.45) is 30.2. The Morgan fingerprint density at radius 3 is 1.71 bits per heavy atom. The van der Waals surface area contributed by atoms with Gasteiger partial charge in [0.15, 0.2) is 6.10 Å². The van der Waals surface area contributed by atoms with Crippen molar-refractivity contribution in [1.29, 1.82) is 0 Å². The van der Waals surface area contributed by atoms with Crippen molar-refractivity contribution in [3.8, 4) is 5.75 Å². The van der Waals surface area contributed by atoms with Crippen LogP contribution in [0.25, 0.3) is 10.9 Å². The lowest BCUT2D eigenvalue weighted by atomic mass is 9.98. The maximum atomic E-state index is 13.5. The van der Waals surface area contributed by atoms with Gasteiger partial charge in [-0.2, -0.15) is 0 Å². The summed E-state index contributed by atoms with van der Waals surface area (Å²) in [6, 6.07) is 14.9. The lowest BCUT2D eigenvalue weighted by Crippen LogP contribution is -2.51. The molecule has 1 heterocycles. The highest BCUT2D eigenvalue weighted by molar-refractivity contribution is 7.47. The number of unbranched alkanes of at least 4 members (excludes halogenated alkanes) is 24. The molecule has 0 saturated heterocycles. The van der Waals surface area contributed by atoms with E-state index in [1.165, 1.54) is 116 Å². The van der Waals surface area contributed by atoms with E-state index in [4.69, 9.17) is 23.3 Å². The van der Waals surface area contributed by atoms with E-state index in [0.717, 1.165) is 61.9 Å². The fraction of sp³-hybridized carbons (Fsp3) is 0.692. The summed E-state index contributed by atoms with van der Waals surface area (Å²) >= 11 is 0. The van der Waals surface area contributed by atoms with Crippen LogP contribution in [-0.4, -0.2) is 96.5 Å². The molecule has 19 heteroatoms. The van der Waals surface area contributed by atoms with Crippen LogP contribution in [0.3, 0.4) is 0 Å². The molecule has 18 nitrogen and oxygen atoms in total. The quantitative estimate of drug-likeness (QED) is 0.0175. The van der Waals surface area contributed by atoms with Gasteiger partial charge in [0.1, 0.15) is 31.0 Å². The van der Waals surface area contributed by atoms with E-state index in [1.54, 1.807) is 0 Å². The van der Waals surface area contributed by atoms with E-state index in [1.807, 2.05) is 68.4 Å². The largest absolute Gasteiger partial charge is 0.489 e. The summed E-state index contributed by atoms with van der Waals surface area (Å²) in [5.41, 5.74) is 2.51. The third-order valence-corrected chi connectivity index (χ3v) is 16.0. The summed E-state index contributed by atoms with van der Waals surface area (Å²) in [4.78, 5) is 92.1. The molecule has 0 aliphatic heterocycles. The van der Waals surface area contributed by atoms with Gasteiger partial charge in [0.05, 0.1) is 26.2 Å². The number of carbonyl (C=O) groups is 6. The van der Waals surface area contributed by atoms with Crippen LogP contribution >= 0.6 is 7.82 Å². The van der Waals surface area contributed by atoms with Crippen molar-refractivity contribution in [2.24, 2.45) is 5.92 Å². The zero-order chi connectivity index (χ0) is 61.1. The maximum Gasteiger partial charge on any atom is 0.472 e. The van der Waals surface area contributed by atoms with Gasteiger partial charge in [-0.15, -0.1) is 0 Å². The predicted molar refractivity (Wildman–Crippen MR) is 331 cm³/mol. The van der Waals surface area contributed by atoms with Gasteiger partial charge in [-0.05, 0) is 48.6 Å². The zero-order valence-electron chi connectivity index (χ0n) is 51.8. The second-order valence-corrected chi connectivity index (χ2v) is 24.0. The van der Waals surface area contributed by atoms with Crippen molar-refractivity contribution in [3.05, 3.63) is 65.9 Å². The van der Waals surface area contributed by atoms with E-state index in [2.05, 4.69) is 40.1 Å². The summed E-state index contributed by atoms with van der Waals surface area (Å²) in [5, 5.41) is 11.3. The number of fused-ring (bicyclic) bond motifs is 1. The van der Waals surface area contributed by atoms with Crippen LogP contribution in [0.5, 0.6) is 5.75 Å². The molecule has 0 aliphatic carbocycles. The minimum absolute atomic E-state index is 0.0244. The fourth-order valence-electron chi connectivity index (χ4n) is 9.82. The summed E-state index contributed by atoms with van der Waals surface area (Å²) in [6.45, 7) is 7.66. The van der Waals surface area contributed by atoms with Crippen LogP contribution in [-0.2, 0) is 64.9 Å². The van der Waals surface area contributed by atoms with Crippen LogP contribution in [0.1, 0.15) is 232 Å². The maximum absolute atomic E-state index is 13.5. The predicted octanol–water partition coefficient (Wildman–Crippen LogP) is 13.1. The van der Waals surface area contributed by atoms with Crippen molar-refractivity contribution in [3.63, 3.8) is 0 Å². The molecule has 1 aromatic heterocycles. The Morgan fingerprint density at radius 1 is 0.619 bits per heavy atom. The van der Waals surface area contributed by atoms with Crippen LogP contribution < -0.4 is 26.0 Å². The van der Waals surface area contributed by atoms with Crippen molar-refractivity contribution >= 4 is 54.3 Å². The molecule has 0 saturated carbocycles. The Hall–Kier alpha value is -5.29. The SMILES string of the molecule is CCCCCCCCCCCCCCCC(=O)OC[C@H](CNC(=O)[C@@H](COP(=O)(O)OCCNC(=O)[C@@H](NC(=O)Cc1cc2cc(OCc3ccccc3)ccc2[nH]1)[C@@H](C)CC)NC(C)=O)OC(=O)CCCCCCCCCCCCCCC. The van der Waals surface area contributed by atoms with Gasteiger partial charge in [0.2, 0.25) is 23.6 Å². The number of esters is 2. The molecule has 4 amide bonds. The molecule has 474 valence electrons. The Morgan fingerprint density at radius 2 is 1.17 bits per heavy atom. The number of aromatic amines is 1. The normalized spacial score (nSPS) is 13.5. The van der Waals surface area contributed by atoms with Gasteiger partial charge in [-0.25, -0.2) is 4.57 Å². The molecule has 0 bridgehead atoms. The smallest absolute Gasteiger partial charge is 0.472 e. The highest BCUT2D eigenvalue weighted by Crippen LogP contribution is 2.43. The number of nitrogens with one attached hydrogen (secondary N) is 5. The molecule has 0 radical (unpaired) electrons. The van der Waals surface area contributed by atoms with Gasteiger partial charge in [-0.3, -0.25) is 37.8 Å². The summed E-state index contributed by atoms with van der Waals surface area (Å²) in [7, 11) is -4.86. The number of benzene rings is 2. The lowest BCUT2D eigenvalue weighted by molar-refractivity contribution is -0.159. The monoisotopic (exact) mass is 1200 g/mol. The fourth-order valence-corrected chi connectivity index (χ4v) is 10.6. The number of ether oxygens (including phenoxy) is 3. The Kier molecular flexibility index (Phi) is 39.2. The third kappa shape index (κ3) is 34.6. The Balaban J connectivity index is 1.46. The summed E-state index contributed by atoms with van der Waals surface area (Å²) < 4.78 is 40.5. The first-order valence-electron chi connectivity index (χ1n) is 32.0. The van der Waals surface area contributed by atoms with Crippen LogP contribution in [0.2, 0.25) is 0 Å². The molecular weight excluding hydrogens is 1090 g/mol. The lowest BCUT2D eigenvalue weighted by Gasteiger charge is -2.24. The van der Waals surface area contributed by atoms with Crippen molar-refractivity contribution < 1.29 is 61.5 Å². The van der Waals surface area contributed by atoms with Crippen LogP contribution in [0.15, 0.2) is 54.6 Å². The number of aromatic nitrogens is 1. The van der Waals surface area contributed by atoms with E-state index in [0.29, 0.717) is 37.3 Å². The number of amides is 4. The molecule has 0 aliphatic rings. The van der Waals surface area contributed by atoms with Gasteiger partial charge in [0, 0.05) is 42.9 Å². The van der Waals surface area contributed by atoms with Crippen LogP contribution in [0.4, 0.5) is 0 Å². The average molecular weight is 1200 g/mol. The van der Waals surface area contributed by atoms with Crippen molar-refractivity contribution in [2.75, 3.05) is 32.9 Å². The minimum Gasteiger partial charge on any atom is -0.489 e. The Labute approximate surface area is 502 Å². The number of hydrogen-bond donors (Lipinski definition) is 6. The molecule has 3 rings (SSSR count). The van der Waals surface area contributed by atoms with Crippen molar-refractivity contribution in [1.82, 2.24) is 26.3 Å². The third-order valence-electron chi connectivity index (χ3n) is 15.0. The molecule has 0 spiro atoms. The molecule has 2 aromatic carbocycles. The topological polar surface area (TPSA) is 250 Å². The van der Waals surface area contributed by atoms with Crippen molar-refractivity contribution in [2.45, 2.75) is 252 Å². The molecule has 1 unspecified atom stereocenters. The first-order chi connectivity index (χ1) is 40.6. The number of H-pyrrole nitrogens is 1. The average Bonchev–Trinajstić information content (AvgIpc) is 4.03. The first-order valence-corrected chi connectivity index (χ1v) is 33.5. The van der Waals surface area contributed by atoms with E-state index >= 15 is 0 Å². The molecule has 84 heavy (non-hydrogen) atoms. The number of phosphoric acid groups is 1. The van der Waals surface area contributed by atoms with Crippen LogP contribution in [0, 0.1) is 5.92 Å². The molecule has 5 atom stereocenters. The number of phosphoric ester groups is 1. The number of rotatable bonds is 51. The highest BCUT2D eigenvalue weighted by atomic mass is 31.2. The van der Waals surface area contributed by atoms with E-state index in [9.17, 15) is 38.2 Å². The first kappa shape index (κ1) is 73.0. The molecule has 3 aromatic rings. The van der Waals surface area contributed by atoms with Gasteiger partial charge < -0.3 is 45.4 Å². The molecular formula is C65H106N5O13P. The number of hydrogen-bond acceptors (Lipinski definition) is 12. The Bertz CT molecular complexity index is 2350. The minimum atomic E-state index is -4.86. The second kappa shape index (κ2) is 45.1. The second-order valence-electron chi connectivity index (χ2n) is 22.6. The molecule has 0 fully saturated rings. The summed E-state index contributed by atoms with van der Waals surface area (Å²) in [5.74, 6) is -2.90.